The van der Waals surface area contributed by atoms with E-state index in [1.165, 1.54) is 38.5 Å². The first-order chi connectivity index (χ1) is 12.7. The van der Waals surface area contributed by atoms with E-state index in [2.05, 4.69) is 6.92 Å². The number of unbranched alkanes of at least 4 members (excludes halogenated alkanes) is 7. The molecule has 0 heterocycles. The molecule has 0 spiro atoms. The van der Waals surface area contributed by atoms with Crippen LogP contribution in [0.25, 0.3) is 0 Å². The average molecular weight is 566 g/mol. The predicted octanol–water partition coefficient (Wildman–Crippen LogP) is 4.04. The summed E-state index contributed by atoms with van der Waals surface area (Å²) in [5, 5.41) is 0. The van der Waals surface area contributed by atoms with Gasteiger partial charge in [-0.05, 0) is 37.1 Å². The van der Waals surface area contributed by atoms with Crippen LogP contribution in [0.3, 0.4) is 0 Å². The van der Waals surface area contributed by atoms with E-state index >= 15 is 0 Å². The maximum absolute atomic E-state index is 11.1. The SMILES string of the molecule is CCCCCCCCCC[P+](O)(Oc1ccccc1)Oc1ccccc1.[Cu+].[I-]. The van der Waals surface area contributed by atoms with E-state index in [0.29, 0.717) is 17.7 Å². The third-order valence-corrected chi connectivity index (χ3v) is 6.15. The van der Waals surface area contributed by atoms with E-state index in [4.69, 9.17) is 9.05 Å². The van der Waals surface area contributed by atoms with E-state index in [0.717, 1.165) is 12.8 Å². The Bertz CT molecular complexity index is 560. The van der Waals surface area contributed by atoms with Gasteiger partial charge in [0.2, 0.25) is 0 Å². The summed E-state index contributed by atoms with van der Waals surface area (Å²) in [6, 6.07) is 18.9. The Hall–Kier alpha value is -0.321. The first-order valence-corrected chi connectivity index (χ1v) is 11.6. The molecule has 0 aliphatic rings. The van der Waals surface area contributed by atoms with E-state index < -0.39 is 7.94 Å². The van der Waals surface area contributed by atoms with Crippen LogP contribution >= 0.6 is 7.94 Å². The largest absolute Gasteiger partial charge is 1.00 e. The van der Waals surface area contributed by atoms with Gasteiger partial charge in [-0.1, -0.05) is 81.8 Å². The number of para-hydroxylation sites is 2. The standard InChI is InChI=1S/C22H32O3P.Cu.HI/c1-2-3-4-5-6-7-8-15-20-26(23,24-21-16-11-9-12-17-21)25-22-18-13-10-14-19-22;;/h9-14,16-19,23H,2-8,15,20H2,1H3;;1H/q2*+1;/p-1. The summed E-state index contributed by atoms with van der Waals surface area (Å²) in [6.45, 7) is 2.24. The molecule has 0 aromatic heterocycles. The van der Waals surface area contributed by atoms with Crippen molar-refractivity contribution in [3.05, 3.63) is 60.7 Å². The molecule has 6 heteroatoms. The quantitative estimate of drug-likeness (QED) is 0.172. The molecule has 160 valence electrons. The van der Waals surface area contributed by atoms with Gasteiger partial charge in [-0.15, -0.1) is 0 Å². The maximum atomic E-state index is 11.1. The molecule has 0 saturated carbocycles. The molecule has 0 atom stereocenters. The first kappa shape index (κ1) is 27.7. The normalized spacial score (nSPS) is 10.5. The number of hydrogen-bond donors (Lipinski definition) is 1. The molecule has 0 amide bonds. The summed E-state index contributed by atoms with van der Waals surface area (Å²) in [5.74, 6) is 1.30. The molecule has 0 bridgehead atoms. The molecule has 0 aliphatic carbocycles. The maximum Gasteiger partial charge on any atom is 1.00 e. The summed E-state index contributed by atoms with van der Waals surface area (Å²) in [5.41, 5.74) is 0. The van der Waals surface area contributed by atoms with Gasteiger partial charge in [0.25, 0.3) is 0 Å². The van der Waals surface area contributed by atoms with Gasteiger partial charge in [-0.25, -0.2) is 0 Å². The molecule has 0 radical (unpaired) electrons. The molecule has 3 nitrogen and oxygen atoms in total. The zero-order valence-corrected chi connectivity index (χ0v) is 20.5. The van der Waals surface area contributed by atoms with E-state index in [1.807, 2.05) is 60.7 Å². The topological polar surface area (TPSA) is 38.7 Å². The molecule has 1 N–H and O–H groups in total. The fourth-order valence-electron chi connectivity index (χ4n) is 2.85. The van der Waals surface area contributed by atoms with Gasteiger partial charge in [-0.3, -0.25) is 9.05 Å². The Kier molecular flexibility index (Phi) is 16.3. The number of benzene rings is 2. The molecule has 2 rings (SSSR count). The van der Waals surface area contributed by atoms with Crippen molar-refractivity contribution in [1.29, 1.82) is 0 Å². The Balaban J connectivity index is 0.00000364. The van der Waals surface area contributed by atoms with Crippen molar-refractivity contribution in [2.75, 3.05) is 6.16 Å². The second kappa shape index (κ2) is 16.5. The van der Waals surface area contributed by atoms with Crippen molar-refractivity contribution >= 4 is 7.94 Å². The second-order valence-electron chi connectivity index (χ2n) is 6.64. The zero-order valence-electron chi connectivity index (χ0n) is 16.5. The van der Waals surface area contributed by atoms with Gasteiger partial charge in [0.1, 0.15) is 0 Å². The molecule has 2 aromatic rings. The fraction of sp³-hybridized carbons (Fsp3) is 0.455. The number of hydrogen-bond acceptors (Lipinski definition) is 3. The number of rotatable bonds is 13. The van der Waals surface area contributed by atoms with Crippen molar-refractivity contribution in [3.8, 4) is 11.5 Å². The zero-order chi connectivity index (χ0) is 18.5. The Morgan fingerprint density at radius 2 is 1.07 bits per heavy atom. The van der Waals surface area contributed by atoms with Crippen molar-refractivity contribution in [1.82, 2.24) is 0 Å². The van der Waals surface area contributed by atoms with Crippen LogP contribution < -0.4 is 33.0 Å². The number of halogens is 1. The smallest absolute Gasteiger partial charge is 1.00 e. The van der Waals surface area contributed by atoms with Crippen molar-refractivity contribution < 1.29 is 55.0 Å². The Labute approximate surface area is 198 Å². The minimum Gasteiger partial charge on any atom is -1.00 e. The molecule has 0 aliphatic heterocycles. The molecular weight excluding hydrogens is 534 g/mol. The van der Waals surface area contributed by atoms with Crippen molar-refractivity contribution in [2.45, 2.75) is 58.3 Å². The molecule has 0 fully saturated rings. The fourth-order valence-corrected chi connectivity index (χ4v) is 4.59. The molecular formula is C22H32CuIO3P+. The van der Waals surface area contributed by atoms with E-state index in [-0.39, 0.29) is 41.0 Å². The Morgan fingerprint density at radius 3 is 1.50 bits per heavy atom. The second-order valence-corrected chi connectivity index (χ2v) is 8.73. The molecule has 28 heavy (non-hydrogen) atoms. The summed E-state index contributed by atoms with van der Waals surface area (Å²) in [7, 11) is -2.98. The summed E-state index contributed by atoms with van der Waals surface area (Å²) < 4.78 is 11.8. The van der Waals surface area contributed by atoms with Crippen LogP contribution in [0, 0.1) is 0 Å². The van der Waals surface area contributed by atoms with Crippen LogP contribution in [0.15, 0.2) is 60.7 Å². The van der Waals surface area contributed by atoms with E-state index in [9.17, 15) is 4.89 Å². The van der Waals surface area contributed by atoms with Gasteiger partial charge < -0.3 is 24.0 Å². The Morgan fingerprint density at radius 1 is 0.679 bits per heavy atom. The van der Waals surface area contributed by atoms with Gasteiger partial charge in [0.05, 0.1) is 0 Å². The van der Waals surface area contributed by atoms with E-state index in [1.54, 1.807) is 0 Å². The van der Waals surface area contributed by atoms with Crippen LogP contribution in [-0.4, -0.2) is 11.1 Å². The molecule has 0 unspecified atom stereocenters. The average Bonchev–Trinajstić information content (AvgIpc) is 2.65. The van der Waals surface area contributed by atoms with Crippen LogP contribution in [0.2, 0.25) is 0 Å². The van der Waals surface area contributed by atoms with Crippen LogP contribution in [0.4, 0.5) is 0 Å². The van der Waals surface area contributed by atoms with Gasteiger partial charge in [0, 0.05) is 0 Å². The van der Waals surface area contributed by atoms with Crippen molar-refractivity contribution in [2.24, 2.45) is 0 Å². The molecule has 2 aromatic carbocycles. The minimum absolute atomic E-state index is 0. The third kappa shape index (κ3) is 11.6. The molecule has 0 saturated heterocycles. The summed E-state index contributed by atoms with van der Waals surface area (Å²) >= 11 is 0. The van der Waals surface area contributed by atoms with Crippen LogP contribution in [-0.2, 0) is 17.1 Å². The summed E-state index contributed by atoms with van der Waals surface area (Å²) in [6.07, 6.45) is 10.3. The third-order valence-electron chi connectivity index (χ3n) is 4.28. The minimum atomic E-state index is -2.98. The van der Waals surface area contributed by atoms with Gasteiger partial charge in [-0.2, -0.15) is 4.89 Å². The van der Waals surface area contributed by atoms with Crippen molar-refractivity contribution in [3.63, 3.8) is 0 Å². The van der Waals surface area contributed by atoms with Crippen LogP contribution in [0.1, 0.15) is 58.3 Å². The summed E-state index contributed by atoms with van der Waals surface area (Å²) in [4.78, 5) is 11.1. The monoisotopic (exact) mass is 565 g/mol. The van der Waals surface area contributed by atoms with Gasteiger partial charge in [0.15, 0.2) is 17.7 Å². The van der Waals surface area contributed by atoms with Crippen LogP contribution in [0.5, 0.6) is 11.5 Å². The first-order valence-electron chi connectivity index (χ1n) is 9.82. The van der Waals surface area contributed by atoms with Gasteiger partial charge >= 0.3 is 25.0 Å². The predicted molar refractivity (Wildman–Crippen MR) is 111 cm³/mol.